The molecule has 0 saturated carbocycles. The van der Waals surface area contributed by atoms with Crippen molar-refractivity contribution >= 4 is 23.5 Å². The Balaban J connectivity index is 1.71. The number of hydrogen-bond acceptors (Lipinski definition) is 4. The number of hydrogen-bond donors (Lipinski definition) is 1. The summed E-state index contributed by atoms with van der Waals surface area (Å²) in [5.41, 5.74) is 5.05. The second-order valence-electron chi connectivity index (χ2n) is 7.43. The molecule has 4 rings (SSSR count). The van der Waals surface area contributed by atoms with Gasteiger partial charge < -0.3 is 0 Å². The number of nitrogens with zero attached hydrogens (tertiary/aromatic N) is 3. The summed E-state index contributed by atoms with van der Waals surface area (Å²) in [7, 11) is 0. The number of nitrogens with one attached hydrogen (secondary N) is 1. The van der Waals surface area contributed by atoms with Crippen LogP contribution in [-0.4, -0.2) is 27.3 Å². The fourth-order valence-corrected chi connectivity index (χ4v) is 3.88. The lowest BCUT2D eigenvalue weighted by molar-refractivity contribution is -0.112. The Kier molecular flexibility index (Phi) is 6.26. The molecule has 0 bridgehead atoms. The summed E-state index contributed by atoms with van der Waals surface area (Å²) in [6, 6.07) is 18.0. The Bertz CT molecular complexity index is 1140. The Labute approximate surface area is 187 Å². The van der Waals surface area contributed by atoms with E-state index in [1.54, 1.807) is 0 Å². The van der Waals surface area contributed by atoms with Gasteiger partial charge in [0.1, 0.15) is 0 Å². The van der Waals surface area contributed by atoms with E-state index < -0.39 is 0 Å². The predicted molar refractivity (Wildman–Crippen MR) is 125 cm³/mol. The zero-order valence-corrected chi connectivity index (χ0v) is 17.9. The van der Waals surface area contributed by atoms with Gasteiger partial charge in [-0.25, -0.2) is 9.97 Å². The third-order valence-electron chi connectivity index (χ3n) is 5.28. The molecule has 0 saturated heterocycles. The number of aromatic nitrogens is 2. The van der Waals surface area contributed by atoms with Gasteiger partial charge in [-0.1, -0.05) is 79.4 Å². The van der Waals surface area contributed by atoms with Crippen LogP contribution in [-0.2, 0) is 24.3 Å². The molecule has 0 radical (unpaired) electrons. The molecule has 0 unspecified atom stereocenters. The molecule has 156 valence electrons. The van der Waals surface area contributed by atoms with Crippen molar-refractivity contribution in [2.45, 2.75) is 19.5 Å². The first-order valence-electron chi connectivity index (χ1n) is 10.1. The first kappa shape index (κ1) is 21.0. The van der Waals surface area contributed by atoms with Crippen LogP contribution in [0.4, 0.5) is 5.95 Å². The van der Waals surface area contributed by atoms with Gasteiger partial charge in [-0.2, -0.15) is 0 Å². The van der Waals surface area contributed by atoms with Crippen LogP contribution in [0.25, 0.3) is 11.3 Å². The van der Waals surface area contributed by atoms with Crippen molar-refractivity contribution in [1.29, 1.82) is 0 Å². The average Bonchev–Trinajstić information content (AvgIpc) is 2.79. The molecule has 0 aliphatic carbocycles. The lowest BCUT2D eigenvalue weighted by Gasteiger charge is -2.30. The minimum atomic E-state index is -0.374. The van der Waals surface area contributed by atoms with E-state index in [0.29, 0.717) is 11.6 Å². The smallest absolute Gasteiger partial charge is 0.257 e. The second-order valence-corrected chi connectivity index (χ2v) is 7.84. The molecule has 2 heterocycles. The van der Waals surface area contributed by atoms with Crippen LogP contribution >= 0.6 is 11.6 Å². The number of halogens is 1. The zero-order chi connectivity index (χ0) is 21.8. The number of anilines is 1. The largest absolute Gasteiger partial charge is 0.294 e. The molecule has 2 aromatic carbocycles. The van der Waals surface area contributed by atoms with Gasteiger partial charge in [0.2, 0.25) is 5.95 Å². The van der Waals surface area contributed by atoms with Crippen LogP contribution in [0.15, 0.2) is 79.4 Å². The normalized spacial score (nSPS) is 13.3. The van der Waals surface area contributed by atoms with Gasteiger partial charge in [0, 0.05) is 47.8 Å². The maximum absolute atomic E-state index is 12.3. The van der Waals surface area contributed by atoms with Crippen LogP contribution < -0.4 is 5.32 Å². The average molecular weight is 431 g/mol. The number of carbonyl (C=O) groups excluding carboxylic acids is 1. The quantitative estimate of drug-likeness (QED) is 0.440. The maximum atomic E-state index is 12.3. The Hall–Kier alpha value is -3.28. The van der Waals surface area contributed by atoms with Crippen LogP contribution in [0.5, 0.6) is 0 Å². The molecule has 31 heavy (non-hydrogen) atoms. The van der Waals surface area contributed by atoms with E-state index in [1.165, 1.54) is 11.6 Å². The molecular formula is C25H23ClN4O. The minimum Gasteiger partial charge on any atom is -0.294 e. The molecule has 1 aromatic heterocycles. The molecule has 3 aromatic rings. The van der Waals surface area contributed by atoms with E-state index in [1.807, 2.05) is 30.3 Å². The zero-order valence-electron chi connectivity index (χ0n) is 17.1. The molecule has 0 atom stereocenters. The van der Waals surface area contributed by atoms with Crippen LogP contribution in [0.1, 0.15) is 16.8 Å². The van der Waals surface area contributed by atoms with E-state index >= 15 is 0 Å². The molecule has 0 fully saturated rings. The number of carbonyl (C=O) groups is 1. The number of amides is 1. The topological polar surface area (TPSA) is 58.1 Å². The molecule has 1 N–H and O–H groups in total. The number of benzene rings is 2. The standard InChI is InChI=1S/C25H23ClN4O/c1-3-17(2)24(31)29-25-27-22-13-14-30(15-18-9-5-4-6-10-18)16-20(22)23(28-25)19-11-7-8-12-21(19)26/h3-12H,1-2,13-16H2,(H,27,28,29,31). The molecule has 1 aliphatic heterocycles. The first-order valence-corrected chi connectivity index (χ1v) is 10.5. The van der Waals surface area contributed by atoms with Gasteiger partial charge >= 0.3 is 0 Å². The molecular weight excluding hydrogens is 408 g/mol. The highest BCUT2D eigenvalue weighted by atomic mass is 35.5. The fraction of sp³-hybridized carbons (Fsp3) is 0.160. The lowest BCUT2D eigenvalue weighted by atomic mass is 9.98. The molecule has 1 amide bonds. The van der Waals surface area contributed by atoms with Crippen LogP contribution in [0, 0.1) is 0 Å². The highest BCUT2D eigenvalue weighted by molar-refractivity contribution is 6.33. The summed E-state index contributed by atoms with van der Waals surface area (Å²) in [6.45, 7) is 9.70. The Morgan fingerprint density at radius 2 is 1.87 bits per heavy atom. The van der Waals surface area contributed by atoms with Crippen molar-refractivity contribution in [2.75, 3.05) is 11.9 Å². The summed E-state index contributed by atoms with van der Waals surface area (Å²) in [5.74, 6) is -0.125. The van der Waals surface area contributed by atoms with E-state index in [0.717, 1.165) is 42.0 Å². The summed E-state index contributed by atoms with van der Waals surface area (Å²) in [5, 5.41) is 3.34. The van der Waals surface area contributed by atoms with Gasteiger partial charge in [0.05, 0.1) is 11.4 Å². The monoisotopic (exact) mass is 430 g/mol. The molecule has 5 nitrogen and oxygen atoms in total. The number of rotatable bonds is 6. The Morgan fingerprint density at radius 3 is 2.61 bits per heavy atom. The van der Waals surface area contributed by atoms with Crippen molar-refractivity contribution in [3.8, 4) is 11.3 Å². The highest BCUT2D eigenvalue weighted by Gasteiger charge is 2.24. The van der Waals surface area contributed by atoms with Crippen molar-refractivity contribution in [3.05, 3.63) is 101 Å². The SMILES string of the molecule is C=CC(=C)C(=O)Nc1nc2c(c(-c3ccccc3Cl)n1)CN(Cc1ccccc1)CC2. The minimum absolute atomic E-state index is 0.248. The van der Waals surface area contributed by atoms with E-state index in [9.17, 15) is 4.79 Å². The lowest BCUT2D eigenvalue weighted by Crippen LogP contribution is -2.32. The van der Waals surface area contributed by atoms with Crippen LogP contribution in [0.2, 0.25) is 5.02 Å². The van der Waals surface area contributed by atoms with E-state index in [2.05, 4.69) is 57.6 Å². The van der Waals surface area contributed by atoms with Gasteiger partial charge in [0.25, 0.3) is 5.91 Å². The van der Waals surface area contributed by atoms with Gasteiger partial charge in [-0.15, -0.1) is 0 Å². The maximum Gasteiger partial charge on any atom is 0.257 e. The summed E-state index contributed by atoms with van der Waals surface area (Å²) >= 11 is 6.51. The molecule has 6 heteroatoms. The fourth-order valence-electron chi connectivity index (χ4n) is 3.65. The first-order chi connectivity index (χ1) is 15.0. The summed E-state index contributed by atoms with van der Waals surface area (Å²) in [4.78, 5) is 24.0. The van der Waals surface area contributed by atoms with Crippen molar-refractivity contribution in [2.24, 2.45) is 0 Å². The van der Waals surface area contributed by atoms with Crippen molar-refractivity contribution in [1.82, 2.24) is 14.9 Å². The number of fused-ring (bicyclic) bond motifs is 1. The predicted octanol–water partition coefficient (Wildman–Crippen LogP) is 5.04. The second kappa shape index (κ2) is 9.25. The van der Waals surface area contributed by atoms with Crippen LogP contribution in [0.3, 0.4) is 0 Å². The molecule has 0 spiro atoms. The summed E-state index contributed by atoms with van der Waals surface area (Å²) in [6.07, 6.45) is 2.16. The third kappa shape index (κ3) is 4.74. The van der Waals surface area contributed by atoms with Crippen molar-refractivity contribution < 1.29 is 4.79 Å². The summed E-state index contributed by atoms with van der Waals surface area (Å²) < 4.78 is 0. The molecule has 1 aliphatic rings. The third-order valence-corrected chi connectivity index (χ3v) is 5.61. The van der Waals surface area contributed by atoms with E-state index in [4.69, 9.17) is 11.6 Å². The Morgan fingerprint density at radius 1 is 1.13 bits per heavy atom. The van der Waals surface area contributed by atoms with Gasteiger partial charge in [-0.3, -0.25) is 15.0 Å². The van der Waals surface area contributed by atoms with Gasteiger partial charge in [0.15, 0.2) is 0 Å². The van der Waals surface area contributed by atoms with Gasteiger partial charge in [-0.05, 0) is 11.6 Å². The van der Waals surface area contributed by atoms with Crippen molar-refractivity contribution in [3.63, 3.8) is 0 Å². The van der Waals surface area contributed by atoms with E-state index in [-0.39, 0.29) is 17.4 Å². The highest BCUT2D eigenvalue weighted by Crippen LogP contribution is 2.33.